The van der Waals surface area contributed by atoms with E-state index < -0.39 is 17.7 Å². The second-order valence-corrected chi connectivity index (χ2v) is 8.82. The Hall–Kier alpha value is -4.01. The minimum atomic E-state index is -3.73. The molecule has 2 heterocycles. The Bertz CT molecular complexity index is 1340. The van der Waals surface area contributed by atoms with Crippen LogP contribution >= 0.6 is 0 Å². The zero-order chi connectivity index (χ0) is 24.8. The van der Waals surface area contributed by atoms with Gasteiger partial charge in [-0.2, -0.15) is 0 Å². The van der Waals surface area contributed by atoms with E-state index in [2.05, 4.69) is 19.8 Å². The van der Waals surface area contributed by atoms with Crippen LogP contribution in [0, 0.1) is 6.92 Å². The van der Waals surface area contributed by atoms with E-state index in [1.54, 1.807) is 30.3 Å². The fraction of sp³-hybridized carbons (Fsp3) is 0.269. The Morgan fingerprint density at radius 2 is 1.74 bits per heavy atom. The van der Waals surface area contributed by atoms with Gasteiger partial charge in [-0.15, -0.1) is 8.78 Å². The number of amides is 1. The van der Waals surface area contributed by atoms with Crippen LogP contribution in [-0.4, -0.2) is 28.3 Å². The number of hydrogen-bond acceptors (Lipinski definition) is 5. The predicted octanol–water partition coefficient (Wildman–Crippen LogP) is 5.53. The zero-order valence-corrected chi connectivity index (χ0v) is 18.8. The molecule has 0 bridgehead atoms. The van der Waals surface area contributed by atoms with Gasteiger partial charge < -0.3 is 19.9 Å². The van der Waals surface area contributed by atoms with Crippen LogP contribution in [0.15, 0.2) is 54.6 Å². The number of hydrogen-bond donors (Lipinski definition) is 2. The van der Waals surface area contributed by atoms with Gasteiger partial charge in [-0.1, -0.05) is 37.1 Å². The number of pyridine rings is 1. The topological polar surface area (TPSA) is 97.8 Å². The first-order chi connectivity index (χ1) is 16.7. The SMILES string of the molecule is Cc1ccc(NC(=O)C2(c3ccc4c(c3)OC(F)(F)O4)CCCC2)nc1-c1cccc(C(=O)O)c1. The van der Waals surface area contributed by atoms with Crippen LogP contribution in [0.4, 0.5) is 14.6 Å². The smallest absolute Gasteiger partial charge is 0.478 e. The number of anilines is 1. The van der Waals surface area contributed by atoms with Crippen molar-refractivity contribution in [1.82, 2.24) is 4.98 Å². The lowest BCUT2D eigenvalue weighted by atomic mass is 9.78. The first-order valence-corrected chi connectivity index (χ1v) is 11.2. The molecule has 9 heteroatoms. The summed E-state index contributed by atoms with van der Waals surface area (Å²) < 4.78 is 36.1. The number of rotatable bonds is 5. The summed E-state index contributed by atoms with van der Waals surface area (Å²) in [6, 6.07) is 14.4. The van der Waals surface area contributed by atoms with Gasteiger partial charge in [-0.05, 0) is 61.2 Å². The first-order valence-electron chi connectivity index (χ1n) is 11.2. The molecule has 35 heavy (non-hydrogen) atoms. The highest BCUT2D eigenvalue weighted by atomic mass is 19.3. The number of carbonyl (C=O) groups is 2. The number of halogens is 2. The van der Waals surface area contributed by atoms with Crippen molar-refractivity contribution in [3.8, 4) is 22.8 Å². The van der Waals surface area contributed by atoms with Crippen molar-refractivity contribution >= 4 is 17.7 Å². The number of carbonyl (C=O) groups excluding carboxylic acids is 1. The summed E-state index contributed by atoms with van der Waals surface area (Å²) >= 11 is 0. The summed E-state index contributed by atoms with van der Waals surface area (Å²) in [6.45, 7) is 1.85. The van der Waals surface area contributed by atoms with Crippen LogP contribution in [-0.2, 0) is 10.2 Å². The number of aromatic nitrogens is 1. The van der Waals surface area contributed by atoms with Crippen LogP contribution in [0.3, 0.4) is 0 Å². The number of aryl methyl sites for hydroxylation is 1. The summed E-state index contributed by atoms with van der Waals surface area (Å²) in [7, 11) is 0. The van der Waals surface area contributed by atoms with Crippen LogP contribution in [0.5, 0.6) is 11.5 Å². The van der Waals surface area contributed by atoms with Gasteiger partial charge in [0.2, 0.25) is 5.91 Å². The number of ether oxygens (including phenoxy) is 2. The maximum Gasteiger partial charge on any atom is 0.586 e. The molecule has 7 nitrogen and oxygen atoms in total. The van der Waals surface area contributed by atoms with E-state index in [9.17, 15) is 23.5 Å². The molecule has 1 fully saturated rings. The molecule has 2 aliphatic rings. The minimum Gasteiger partial charge on any atom is -0.478 e. The maximum absolute atomic E-state index is 13.6. The third kappa shape index (κ3) is 4.18. The van der Waals surface area contributed by atoms with Gasteiger partial charge in [-0.3, -0.25) is 4.79 Å². The molecule has 3 aromatic rings. The molecular weight excluding hydrogens is 458 g/mol. The van der Waals surface area contributed by atoms with Crippen LogP contribution in [0.2, 0.25) is 0 Å². The molecule has 0 atom stereocenters. The van der Waals surface area contributed by atoms with Crippen molar-refractivity contribution in [2.45, 2.75) is 44.3 Å². The Morgan fingerprint density at radius 3 is 2.49 bits per heavy atom. The van der Waals surface area contributed by atoms with Crippen molar-refractivity contribution < 1.29 is 33.0 Å². The average Bonchev–Trinajstić information content (AvgIpc) is 3.44. The van der Waals surface area contributed by atoms with Crippen molar-refractivity contribution in [3.63, 3.8) is 0 Å². The molecule has 0 radical (unpaired) electrons. The van der Waals surface area contributed by atoms with E-state index in [1.807, 2.05) is 6.92 Å². The molecule has 2 aromatic carbocycles. The number of carboxylic acid groups (broad SMARTS) is 1. The Balaban J connectivity index is 1.45. The third-order valence-electron chi connectivity index (χ3n) is 6.57. The normalized spacial score (nSPS) is 17.2. The monoisotopic (exact) mass is 480 g/mol. The lowest BCUT2D eigenvalue weighted by Crippen LogP contribution is -2.38. The minimum absolute atomic E-state index is 0.0688. The highest BCUT2D eigenvalue weighted by molar-refractivity contribution is 5.99. The van der Waals surface area contributed by atoms with Crippen LogP contribution in [0.25, 0.3) is 11.3 Å². The number of alkyl halides is 2. The van der Waals surface area contributed by atoms with Gasteiger partial charge in [-0.25, -0.2) is 9.78 Å². The van der Waals surface area contributed by atoms with Crippen molar-refractivity contribution in [2.75, 3.05) is 5.32 Å². The van der Waals surface area contributed by atoms with E-state index in [1.165, 1.54) is 24.3 Å². The highest BCUT2D eigenvalue weighted by Gasteiger charge is 2.47. The second-order valence-electron chi connectivity index (χ2n) is 8.82. The average molecular weight is 480 g/mol. The van der Waals surface area contributed by atoms with E-state index in [0.29, 0.717) is 35.5 Å². The summed E-state index contributed by atoms with van der Waals surface area (Å²) in [5, 5.41) is 12.2. The largest absolute Gasteiger partial charge is 0.586 e. The van der Waals surface area contributed by atoms with Crippen molar-refractivity contribution in [2.24, 2.45) is 0 Å². The van der Waals surface area contributed by atoms with Crippen LogP contribution in [0.1, 0.15) is 47.2 Å². The molecule has 0 spiro atoms. The Labute approximate surface area is 199 Å². The van der Waals surface area contributed by atoms with E-state index in [-0.39, 0.29) is 23.0 Å². The summed E-state index contributed by atoms with van der Waals surface area (Å²) in [5.41, 5.74) is 1.78. The molecule has 1 saturated carbocycles. The fourth-order valence-corrected chi connectivity index (χ4v) is 4.80. The molecule has 1 aliphatic carbocycles. The zero-order valence-electron chi connectivity index (χ0n) is 18.8. The summed E-state index contributed by atoms with van der Waals surface area (Å²) in [4.78, 5) is 29.5. The molecule has 2 N–H and O–H groups in total. The number of nitrogens with zero attached hydrogens (tertiary/aromatic N) is 1. The number of benzene rings is 2. The fourth-order valence-electron chi connectivity index (χ4n) is 4.80. The van der Waals surface area contributed by atoms with E-state index in [4.69, 9.17) is 0 Å². The number of aromatic carboxylic acids is 1. The van der Waals surface area contributed by atoms with Gasteiger partial charge in [0, 0.05) is 5.56 Å². The predicted molar refractivity (Wildman–Crippen MR) is 123 cm³/mol. The van der Waals surface area contributed by atoms with Gasteiger partial charge in [0.15, 0.2) is 11.5 Å². The second kappa shape index (κ2) is 8.33. The Kier molecular flexibility index (Phi) is 5.42. The lowest BCUT2D eigenvalue weighted by Gasteiger charge is -2.28. The van der Waals surface area contributed by atoms with Crippen molar-refractivity contribution in [1.29, 1.82) is 0 Å². The molecule has 0 unspecified atom stereocenters. The van der Waals surface area contributed by atoms with Crippen molar-refractivity contribution in [3.05, 3.63) is 71.3 Å². The van der Waals surface area contributed by atoms with Gasteiger partial charge in [0.05, 0.1) is 16.7 Å². The lowest BCUT2D eigenvalue weighted by molar-refractivity contribution is -0.286. The van der Waals surface area contributed by atoms with Gasteiger partial charge >= 0.3 is 12.3 Å². The summed E-state index contributed by atoms with van der Waals surface area (Å²) in [5.74, 6) is -1.18. The summed E-state index contributed by atoms with van der Waals surface area (Å²) in [6.07, 6.45) is -1.01. The third-order valence-corrected chi connectivity index (χ3v) is 6.57. The number of carboxylic acids is 1. The highest BCUT2D eigenvalue weighted by Crippen LogP contribution is 2.47. The molecule has 0 saturated heterocycles. The van der Waals surface area contributed by atoms with E-state index in [0.717, 1.165) is 18.4 Å². The first kappa shape index (κ1) is 22.8. The van der Waals surface area contributed by atoms with Gasteiger partial charge in [0.1, 0.15) is 5.82 Å². The molecular formula is C26H22F2N2O5. The molecule has 1 aliphatic heterocycles. The molecule has 1 aromatic heterocycles. The molecule has 5 rings (SSSR count). The number of nitrogens with one attached hydrogen (secondary N) is 1. The van der Waals surface area contributed by atoms with Crippen LogP contribution < -0.4 is 14.8 Å². The standard InChI is InChI=1S/C26H22F2N2O5/c1-15-7-10-21(29-22(15)16-5-4-6-17(13-16)23(31)32)30-24(33)25(11-2-3-12-25)18-8-9-19-20(14-18)35-26(27,28)34-19/h4-10,13-14H,2-3,11-12H2,1H3,(H,31,32)(H,29,30,33). The quantitative estimate of drug-likeness (QED) is 0.499. The molecule has 1 amide bonds. The maximum atomic E-state index is 13.6. The van der Waals surface area contributed by atoms with Gasteiger partial charge in [0.25, 0.3) is 0 Å². The number of fused-ring (bicyclic) bond motifs is 1. The Morgan fingerprint density at radius 1 is 1.00 bits per heavy atom. The molecule has 180 valence electrons. The van der Waals surface area contributed by atoms with E-state index >= 15 is 0 Å².